The van der Waals surface area contributed by atoms with Crippen LogP contribution in [-0.4, -0.2) is 16.7 Å². The lowest BCUT2D eigenvalue weighted by Gasteiger charge is -2.04. The van der Waals surface area contributed by atoms with Crippen LogP contribution in [0, 0.1) is 6.92 Å². The van der Waals surface area contributed by atoms with Crippen molar-refractivity contribution in [2.45, 2.75) is 6.92 Å². The quantitative estimate of drug-likeness (QED) is 0.387. The molecule has 90 valence electrons. The Balaban J connectivity index is 2.39. The number of hydrogen-bond donors (Lipinski definition) is 1. The van der Waals surface area contributed by atoms with Crippen LogP contribution in [0.15, 0.2) is 59.8 Å². The Morgan fingerprint density at radius 2 is 1.67 bits per heavy atom. The monoisotopic (exact) mass is 239 g/mol. The summed E-state index contributed by atoms with van der Waals surface area (Å²) in [6.07, 6.45) is 0. The molecule has 0 radical (unpaired) electrons. The molecule has 2 aromatic rings. The van der Waals surface area contributed by atoms with E-state index in [2.05, 4.69) is 5.16 Å². The average molecular weight is 239 g/mol. The second-order valence-electron chi connectivity index (χ2n) is 4.01. The fourth-order valence-electron chi connectivity index (χ4n) is 1.75. The number of benzene rings is 2. The van der Waals surface area contributed by atoms with Crippen LogP contribution >= 0.6 is 0 Å². The van der Waals surface area contributed by atoms with Crippen molar-refractivity contribution in [1.82, 2.24) is 0 Å². The van der Waals surface area contributed by atoms with Crippen molar-refractivity contribution in [3.05, 3.63) is 71.3 Å². The van der Waals surface area contributed by atoms with Crippen LogP contribution < -0.4 is 0 Å². The van der Waals surface area contributed by atoms with E-state index in [0.717, 1.165) is 5.56 Å². The molecule has 2 aromatic carbocycles. The maximum atomic E-state index is 12.2. The highest BCUT2D eigenvalue weighted by molar-refractivity contribution is 6.51. The summed E-state index contributed by atoms with van der Waals surface area (Å²) in [5.74, 6) is -0.288. The Morgan fingerprint density at radius 3 is 2.28 bits per heavy atom. The van der Waals surface area contributed by atoms with Crippen molar-refractivity contribution >= 4 is 11.5 Å². The van der Waals surface area contributed by atoms with Gasteiger partial charge in [-0.1, -0.05) is 59.3 Å². The Labute approximate surface area is 105 Å². The highest BCUT2D eigenvalue weighted by Crippen LogP contribution is 2.10. The molecule has 3 heteroatoms. The predicted molar refractivity (Wildman–Crippen MR) is 70.3 cm³/mol. The number of aryl methyl sites for hydroxylation is 1. The number of nitrogens with zero attached hydrogens (tertiary/aromatic N) is 1. The Kier molecular flexibility index (Phi) is 3.53. The number of Topliss-reactive ketones (excluding diaryl/α,β-unsaturated/α-hetero) is 1. The summed E-state index contributed by atoms with van der Waals surface area (Å²) >= 11 is 0. The first kappa shape index (κ1) is 12.0. The molecule has 0 saturated heterocycles. The van der Waals surface area contributed by atoms with Gasteiger partial charge in [0, 0.05) is 11.1 Å². The topological polar surface area (TPSA) is 49.7 Å². The van der Waals surface area contributed by atoms with Gasteiger partial charge in [0.25, 0.3) is 0 Å². The molecule has 0 amide bonds. The molecule has 0 saturated carbocycles. The molecule has 0 unspecified atom stereocenters. The number of ketones is 1. The van der Waals surface area contributed by atoms with Gasteiger partial charge in [-0.3, -0.25) is 4.79 Å². The number of hydrogen-bond acceptors (Lipinski definition) is 3. The van der Waals surface area contributed by atoms with Gasteiger partial charge in [0.2, 0.25) is 5.78 Å². The molecule has 0 bridgehead atoms. The molecule has 0 atom stereocenters. The number of oxime groups is 1. The van der Waals surface area contributed by atoms with Crippen molar-refractivity contribution in [1.29, 1.82) is 0 Å². The summed E-state index contributed by atoms with van der Waals surface area (Å²) in [5.41, 5.74) is 2.19. The van der Waals surface area contributed by atoms with Crippen molar-refractivity contribution in [2.24, 2.45) is 5.16 Å². The Hall–Kier alpha value is -2.42. The van der Waals surface area contributed by atoms with E-state index in [1.807, 2.05) is 31.2 Å². The van der Waals surface area contributed by atoms with Gasteiger partial charge >= 0.3 is 0 Å². The third-order valence-electron chi connectivity index (χ3n) is 2.64. The first-order chi connectivity index (χ1) is 8.72. The van der Waals surface area contributed by atoms with Crippen LogP contribution in [-0.2, 0) is 0 Å². The zero-order valence-electron chi connectivity index (χ0n) is 10.00. The maximum Gasteiger partial charge on any atom is 0.215 e. The van der Waals surface area contributed by atoms with E-state index >= 15 is 0 Å². The zero-order chi connectivity index (χ0) is 13.0. The van der Waals surface area contributed by atoms with E-state index in [0.29, 0.717) is 11.1 Å². The number of carbonyl (C=O) groups is 1. The van der Waals surface area contributed by atoms with Gasteiger partial charge in [-0.25, -0.2) is 0 Å². The van der Waals surface area contributed by atoms with Crippen LogP contribution in [0.4, 0.5) is 0 Å². The highest BCUT2D eigenvalue weighted by Gasteiger charge is 2.16. The lowest BCUT2D eigenvalue weighted by Crippen LogP contribution is -2.16. The Morgan fingerprint density at radius 1 is 1.00 bits per heavy atom. The lowest BCUT2D eigenvalue weighted by molar-refractivity contribution is 0.106. The minimum Gasteiger partial charge on any atom is -0.410 e. The molecule has 1 N–H and O–H groups in total. The smallest absolute Gasteiger partial charge is 0.215 e. The van der Waals surface area contributed by atoms with E-state index in [1.165, 1.54) is 0 Å². The first-order valence-electron chi connectivity index (χ1n) is 5.61. The second-order valence-corrected chi connectivity index (χ2v) is 4.01. The zero-order valence-corrected chi connectivity index (χ0v) is 10.00. The molecule has 0 aromatic heterocycles. The van der Waals surface area contributed by atoms with Gasteiger partial charge in [0.05, 0.1) is 0 Å². The molecule has 0 heterocycles. The third-order valence-corrected chi connectivity index (χ3v) is 2.64. The normalized spacial score (nSPS) is 11.3. The number of carbonyl (C=O) groups excluding carboxylic acids is 1. The molecular weight excluding hydrogens is 226 g/mol. The maximum absolute atomic E-state index is 12.2. The van der Waals surface area contributed by atoms with Crippen molar-refractivity contribution in [2.75, 3.05) is 0 Å². The van der Waals surface area contributed by atoms with Gasteiger partial charge in [-0.05, 0) is 13.0 Å². The van der Waals surface area contributed by atoms with Crippen LogP contribution in [0.1, 0.15) is 21.5 Å². The van der Waals surface area contributed by atoms with E-state index < -0.39 is 0 Å². The van der Waals surface area contributed by atoms with Gasteiger partial charge in [-0.2, -0.15) is 0 Å². The average Bonchev–Trinajstić information content (AvgIpc) is 2.40. The lowest BCUT2D eigenvalue weighted by atomic mass is 9.99. The summed E-state index contributed by atoms with van der Waals surface area (Å²) < 4.78 is 0. The molecule has 0 aliphatic carbocycles. The fraction of sp³-hybridized carbons (Fsp3) is 0.0667. The molecule has 3 nitrogen and oxygen atoms in total. The minimum absolute atomic E-state index is 0.0601. The van der Waals surface area contributed by atoms with Crippen LogP contribution in [0.2, 0.25) is 0 Å². The summed E-state index contributed by atoms with van der Waals surface area (Å²) in [5, 5.41) is 12.2. The third kappa shape index (κ3) is 2.46. The van der Waals surface area contributed by atoms with Gasteiger partial charge in [0.1, 0.15) is 0 Å². The minimum atomic E-state index is -0.288. The van der Waals surface area contributed by atoms with Crippen molar-refractivity contribution < 1.29 is 10.0 Å². The molecule has 0 spiro atoms. The molecule has 0 fully saturated rings. The van der Waals surface area contributed by atoms with E-state index in [1.54, 1.807) is 30.3 Å². The summed E-state index contributed by atoms with van der Waals surface area (Å²) in [4.78, 5) is 12.2. The molecule has 0 aliphatic heterocycles. The summed E-state index contributed by atoms with van der Waals surface area (Å²) in [6.45, 7) is 1.92. The molecule has 0 aliphatic rings. The second kappa shape index (κ2) is 5.27. The summed E-state index contributed by atoms with van der Waals surface area (Å²) in [7, 11) is 0. The predicted octanol–water partition coefficient (Wildman–Crippen LogP) is 3.06. The van der Waals surface area contributed by atoms with E-state index in [-0.39, 0.29) is 11.5 Å². The van der Waals surface area contributed by atoms with Crippen molar-refractivity contribution in [3.63, 3.8) is 0 Å². The largest absolute Gasteiger partial charge is 0.410 e. The van der Waals surface area contributed by atoms with Gasteiger partial charge in [-0.15, -0.1) is 0 Å². The van der Waals surface area contributed by atoms with Crippen LogP contribution in [0.25, 0.3) is 0 Å². The standard InChI is InChI=1S/C15H13NO2/c1-11-6-5-9-13(10-11)14(16-18)15(17)12-7-3-2-4-8-12/h2-10,18H,1H3. The van der Waals surface area contributed by atoms with Crippen LogP contribution in [0.5, 0.6) is 0 Å². The van der Waals surface area contributed by atoms with Gasteiger partial charge < -0.3 is 5.21 Å². The first-order valence-corrected chi connectivity index (χ1v) is 5.61. The van der Waals surface area contributed by atoms with Gasteiger partial charge in [0.15, 0.2) is 5.71 Å². The Bertz CT molecular complexity index is 588. The molecule has 18 heavy (non-hydrogen) atoms. The molecule has 2 rings (SSSR count). The SMILES string of the molecule is Cc1cccc(C(=NO)C(=O)c2ccccc2)c1. The fourth-order valence-corrected chi connectivity index (χ4v) is 1.75. The summed E-state index contributed by atoms with van der Waals surface area (Å²) in [6, 6.07) is 16.1. The highest BCUT2D eigenvalue weighted by atomic mass is 16.4. The van der Waals surface area contributed by atoms with Crippen molar-refractivity contribution in [3.8, 4) is 0 Å². The molecular formula is C15H13NO2. The van der Waals surface area contributed by atoms with E-state index in [4.69, 9.17) is 5.21 Å². The number of rotatable bonds is 3. The van der Waals surface area contributed by atoms with E-state index in [9.17, 15) is 4.79 Å². The van der Waals surface area contributed by atoms with Crippen LogP contribution in [0.3, 0.4) is 0 Å².